The lowest BCUT2D eigenvalue weighted by Crippen LogP contribution is -2.07. The maximum atomic E-state index is 11.0. The summed E-state index contributed by atoms with van der Waals surface area (Å²) in [6.07, 6.45) is -0.0194. The summed E-state index contributed by atoms with van der Waals surface area (Å²) in [5.41, 5.74) is 0.394. The van der Waals surface area contributed by atoms with E-state index in [1.807, 2.05) is 0 Å². The Morgan fingerprint density at radius 3 is 2.29 bits per heavy atom. The van der Waals surface area contributed by atoms with Crippen LogP contribution in [0.4, 0.5) is 0 Å². The summed E-state index contributed by atoms with van der Waals surface area (Å²) in [7, 11) is 1.29. The highest BCUT2D eigenvalue weighted by Gasteiger charge is 2.14. The molecule has 0 atom stereocenters. The van der Waals surface area contributed by atoms with Crippen molar-refractivity contribution in [3.63, 3.8) is 0 Å². The summed E-state index contributed by atoms with van der Waals surface area (Å²) < 4.78 is 4.48. The van der Waals surface area contributed by atoms with Crippen molar-refractivity contribution in [1.29, 1.82) is 0 Å². The van der Waals surface area contributed by atoms with Crippen LogP contribution in [0.2, 0.25) is 10.3 Å². The average Bonchev–Trinajstić information content (AvgIpc) is 2.10. The van der Waals surface area contributed by atoms with Crippen molar-refractivity contribution in [3.05, 3.63) is 21.7 Å². The Morgan fingerprint density at radius 1 is 1.36 bits per heavy atom. The number of hydrogen-bond acceptors (Lipinski definition) is 4. The van der Waals surface area contributed by atoms with Gasteiger partial charge in [0.15, 0.2) is 0 Å². The molecule has 0 spiro atoms. The number of halogens is 2. The summed E-state index contributed by atoms with van der Waals surface area (Å²) in [6, 6.07) is 0. The molecule has 0 saturated carbocycles. The number of nitrogens with zero attached hydrogens (tertiary/aromatic N) is 2. The van der Waals surface area contributed by atoms with E-state index in [4.69, 9.17) is 23.2 Å². The fourth-order valence-electron chi connectivity index (χ4n) is 0.892. The standard InChI is InChI=1S/C8H8Cl2N2O2/c1-4-11-7(9)5(8(10)12-4)3-6(13)14-2/h3H2,1-2H3. The van der Waals surface area contributed by atoms with E-state index >= 15 is 0 Å². The maximum absolute atomic E-state index is 11.0. The Bertz CT molecular complexity index is 345. The van der Waals surface area contributed by atoms with Gasteiger partial charge in [-0.3, -0.25) is 4.79 Å². The quantitative estimate of drug-likeness (QED) is 0.579. The van der Waals surface area contributed by atoms with Crippen LogP contribution in [0.15, 0.2) is 0 Å². The molecular formula is C8H8Cl2N2O2. The van der Waals surface area contributed by atoms with Gasteiger partial charge in [0.25, 0.3) is 0 Å². The third kappa shape index (κ3) is 2.56. The molecule has 0 aliphatic heterocycles. The Hall–Kier alpha value is -0.870. The largest absolute Gasteiger partial charge is 0.469 e. The summed E-state index contributed by atoms with van der Waals surface area (Å²) in [6.45, 7) is 1.67. The number of carbonyl (C=O) groups excluding carboxylic acids is 1. The van der Waals surface area contributed by atoms with Crippen LogP contribution in [0, 0.1) is 6.92 Å². The first kappa shape index (κ1) is 11.2. The second kappa shape index (κ2) is 4.57. The third-order valence-electron chi connectivity index (χ3n) is 1.57. The van der Waals surface area contributed by atoms with Gasteiger partial charge in [0.05, 0.1) is 13.5 Å². The molecule has 0 aliphatic carbocycles. The molecule has 4 nitrogen and oxygen atoms in total. The molecule has 76 valence electrons. The molecular weight excluding hydrogens is 227 g/mol. The zero-order chi connectivity index (χ0) is 10.7. The number of aromatic nitrogens is 2. The van der Waals surface area contributed by atoms with Crippen LogP contribution in [0.25, 0.3) is 0 Å². The molecule has 0 fully saturated rings. The lowest BCUT2D eigenvalue weighted by molar-refractivity contribution is -0.139. The van der Waals surface area contributed by atoms with Crippen molar-refractivity contribution in [3.8, 4) is 0 Å². The molecule has 0 N–H and O–H groups in total. The molecule has 14 heavy (non-hydrogen) atoms. The highest BCUT2D eigenvalue weighted by molar-refractivity contribution is 6.34. The van der Waals surface area contributed by atoms with E-state index in [-0.39, 0.29) is 16.7 Å². The number of rotatable bonds is 2. The Labute approximate surface area is 91.2 Å². The second-order valence-corrected chi connectivity index (χ2v) is 3.30. The first-order chi connectivity index (χ1) is 6.54. The van der Waals surface area contributed by atoms with E-state index in [2.05, 4.69) is 14.7 Å². The van der Waals surface area contributed by atoms with Gasteiger partial charge in [0.1, 0.15) is 16.1 Å². The summed E-state index contributed by atoms with van der Waals surface area (Å²) in [5, 5.41) is 0.376. The lowest BCUT2D eigenvalue weighted by atomic mass is 10.2. The second-order valence-electron chi connectivity index (χ2n) is 2.58. The van der Waals surface area contributed by atoms with Crippen LogP contribution < -0.4 is 0 Å². The molecule has 1 aromatic heterocycles. The minimum absolute atomic E-state index is 0.0194. The van der Waals surface area contributed by atoms with Gasteiger partial charge in [0, 0.05) is 5.56 Å². The van der Waals surface area contributed by atoms with Crippen molar-refractivity contribution in [2.75, 3.05) is 7.11 Å². The van der Waals surface area contributed by atoms with Crippen molar-refractivity contribution in [2.45, 2.75) is 13.3 Å². The van der Waals surface area contributed by atoms with Crippen LogP contribution >= 0.6 is 23.2 Å². The molecule has 0 aromatic carbocycles. The van der Waals surface area contributed by atoms with Crippen molar-refractivity contribution < 1.29 is 9.53 Å². The summed E-state index contributed by atoms with van der Waals surface area (Å²) >= 11 is 11.6. The molecule has 0 bridgehead atoms. The Kier molecular flexibility index (Phi) is 3.66. The van der Waals surface area contributed by atoms with Gasteiger partial charge < -0.3 is 4.74 Å². The monoisotopic (exact) mass is 234 g/mol. The maximum Gasteiger partial charge on any atom is 0.310 e. The van der Waals surface area contributed by atoms with Gasteiger partial charge in [-0.1, -0.05) is 23.2 Å². The molecule has 1 aromatic rings. The van der Waals surface area contributed by atoms with E-state index in [0.29, 0.717) is 11.4 Å². The van der Waals surface area contributed by atoms with Crippen LogP contribution in [-0.4, -0.2) is 23.0 Å². The van der Waals surface area contributed by atoms with Crippen LogP contribution in [-0.2, 0) is 16.0 Å². The van der Waals surface area contributed by atoms with E-state index in [0.717, 1.165) is 0 Å². The Balaban J connectivity index is 3.02. The van der Waals surface area contributed by atoms with Crippen molar-refractivity contribution in [2.24, 2.45) is 0 Å². The topological polar surface area (TPSA) is 52.1 Å². The van der Waals surface area contributed by atoms with Crippen LogP contribution in [0.5, 0.6) is 0 Å². The van der Waals surface area contributed by atoms with Gasteiger partial charge in [-0.15, -0.1) is 0 Å². The number of esters is 1. The summed E-state index contributed by atoms with van der Waals surface area (Å²) in [5.74, 6) is 0.0369. The van der Waals surface area contributed by atoms with Gasteiger partial charge in [0.2, 0.25) is 0 Å². The third-order valence-corrected chi connectivity index (χ3v) is 2.19. The molecule has 1 rings (SSSR count). The predicted molar refractivity (Wildman–Crippen MR) is 52.5 cm³/mol. The number of hydrogen-bond donors (Lipinski definition) is 0. The average molecular weight is 235 g/mol. The minimum Gasteiger partial charge on any atom is -0.469 e. The zero-order valence-corrected chi connectivity index (χ0v) is 9.19. The molecule has 0 radical (unpaired) electrons. The van der Waals surface area contributed by atoms with Crippen LogP contribution in [0.3, 0.4) is 0 Å². The van der Waals surface area contributed by atoms with Crippen LogP contribution in [0.1, 0.15) is 11.4 Å². The molecule has 1 heterocycles. The number of methoxy groups -OCH3 is 1. The number of carbonyl (C=O) groups is 1. The number of ether oxygens (including phenoxy) is 1. The summed E-state index contributed by atoms with van der Waals surface area (Å²) in [4.78, 5) is 18.7. The molecule has 0 saturated heterocycles. The van der Waals surface area contributed by atoms with Gasteiger partial charge in [-0.25, -0.2) is 9.97 Å². The zero-order valence-electron chi connectivity index (χ0n) is 7.67. The first-order valence-corrected chi connectivity index (χ1v) is 4.55. The lowest BCUT2D eigenvalue weighted by Gasteiger charge is -2.04. The van der Waals surface area contributed by atoms with Gasteiger partial charge in [-0.2, -0.15) is 0 Å². The smallest absolute Gasteiger partial charge is 0.310 e. The number of aryl methyl sites for hydroxylation is 1. The molecule has 0 unspecified atom stereocenters. The van der Waals surface area contributed by atoms with Gasteiger partial charge in [-0.05, 0) is 6.92 Å². The molecule has 0 amide bonds. The first-order valence-electron chi connectivity index (χ1n) is 3.80. The van der Waals surface area contributed by atoms with E-state index in [1.165, 1.54) is 7.11 Å². The van der Waals surface area contributed by atoms with Gasteiger partial charge >= 0.3 is 5.97 Å². The van der Waals surface area contributed by atoms with Crippen molar-refractivity contribution >= 4 is 29.2 Å². The molecule has 6 heteroatoms. The van der Waals surface area contributed by atoms with E-state index < -0.39 is 5.97 Å². The molecule has 0 aliphatic rings. The highest BCUT2D eigenvalue weighted by atomic mass is 35.5. The normalized spacial score (nSPS) is 10.0. The Morgan fingerprint density at radius 2 is 1.86 bits per heavy atom. The highest BCUT2D eigenvalue weighted by Crippen LogP contribution is 2.21. The van der Waals surface area contributed by atoms with Crippen molar-refractivity contribution in [1.82, 2.24) is 9.97 Å². The predicted octanol–water partition coefficient (Wildman–Crippen LogP) is 1.81. The van der Waals surface area contributed by atoms with E-state index in [9.17, 15) is 4.79 Å². The van der Waals surface area contributed by atoms with E-state index in [1.54, 1.807) is 6.92 Å². The minimum atomic E-state index is -0.429. The fraction of sp³-hybridized carbons (Fsp3) is 0.375. The fourth-order valence-corrected chi connectivity index (χ4v) is 1.50. The SMILES string of the molecule is COC(=O)Cc1c(Cl)nc(C)nc1Cl.